The molecule has 0 spiro atoms. The van der Waals surface area contributed by atoms with Crippen LogP contribution in [-0.2, 0) is 13.6 Å². The highest BCUT2D eigenvalue weighted by atomic mass is 31.2. The van der Waals surface area contributed by atoms with Crippen LogP contribution < -0.4 is 10.9 Å². The number of oxazole rings is 1. The summed E-state index contributed by atoms with van der Waals surface area (Å²) in [6.45, 7) is 3.64. The third-order valence-corrected chi connectivity index (χ3v) is 4.70. The zero-order valence-electron chi connectivity index (χ0n) is 12.9. The standard InChI is InChI=1S/C14H18N3O4P/c1-10-5-7-12(8-6-10)9-15-17-13-14(16-11(2)21-13)22(18,19-3)20-4/h5-9,17H,1-4H3/b15-9+. The molecule has 0 fully saturated rings. The molecule has 1 aromatic heterocycles. The molecular weight excluding hydrogens is 305 g/mol. The van der Waals surface area contributed by atoms with E-state index in [1.807, 2.05) is 31.2 Å². The predicted octanol–water partition coefficient (Wildman–Crippen LogP) is 2.85. The molecular formula is C14H18N3O4P. The highest BCUT2D eigenvalue weighted by Gasteiger charge is 2.33. The van der Waals surface area contributed by atoms with E-state index >= 15 is 0 Å². The SMILES string of the molecule is COP(=O)(OC)c1nc(C)oc1N/N=C/c1ccc(C)cc1. The van der Waals surface area contributed by atoms with Crippen molar-refractivity contribution >= 4 is 25.1 Å². The van der Waals surface area contributed by atoms with Gasteiger partial charge < -0.3 is 13.5 Å². The van der Waals surface area contributed by atoms with Gasteiger partial charge in [0.15, 0.2) is 5.89 Å². The lowest BCUT2D eigenvalue weighted by Crippen LogP contribution is -2.13. The van der Waals surface area contributed by atoms with Gasteiger partial charge in [-0.2, -0.15) is 5.10 Å². The molecule has 0 aliphatic heterocycles. The van der Waals surface area contributed by atoms with E-state index in [0.717, 1.165) is 5.56 Å². The molecule has 7 nitrogen and oxygen atoms in total. The average Bonchev–Trinajstić information content (AvgIpc) is 2.90. The molecule has 0 aliphatic carbocycles. The van der Waals surface area contributed by atoms with Crippen LogP contribution in [0.1, 0.15) is 17.0 Å². The van der Waals surface area contributed by atoms with Crippen molar-refractivity contribution in [1.82, 2.24) is 4.98 Å². The van der Waals surface area contributed by atoms with Crippen molar-refractivity contribution < 1.29 is 18.0 Å². The number of aromatic nitrogens is 1. The molecule has 0 unspecified atom stereocenters. The van der Waals surface area contributed by atoms with Crippen LogP contribution in [0.5, 0.6) is 0 Å². The van der Waals surface area contributed by atoms with E-state index in [0.29, 0.717) is 5.89 Å². The molecule has 0 atom stereocenters. The number of hydrogen-bond donors (Lipinski definition) is 1. The first kappa shape index (κ1) is 16.4. The Labute approximate surface area is 128 Å². The monoisotopic (exact) mass is 323 g/mol. The van der Waals surface area contributed by atoms with Gasteiger partial charge in [-0.05, 0) is 12.5 Å². The number of benzene rings is 1. The summed E-state index contributed by atoms with van der Waals surface area (Å²) in [5.74, 6) is 0.463. The molecule has 0 amide bonds. The Bertz CT molecular complexity index is 701. The fraction of sp³-hybridized carbons (Fsp3) is 0.286. The summed E-state index contributed by atoms with van der Waals surface area (Å²) in [4.78, 5) is 4.05. The van der Waals surface area contributed by atoms with Crippen LogP contribution in [0, 0.1) is 13.8 Å². The average molecular weight is 323 g/mol. The molecule has 0 aliphatic rings. The number of nitrogens with zero attached hydrogens (tertiary/aromatic N) is 2. The Hall–Kier alpha value is -1.95. The largest absolute Gasteiger partial charge is 0.423 e. The Morgan fingerprint density at radius 1 is 1.23 bits per heavy atom. The second-order valence-corrected chi connectivity index (χ2v) is 6.68. The first-order chi connectivity index (χ1) is 10.5. The van der Waals surface area contributed by atoms with Crippen molar-refractivity contribution in [2.75, 3.05) is 19.6 Å². The third-order valence-electron chi connectivity index (χ3n) is 2.91. The normalized spacial score (nSPS) is 12.0. The van der Waals surface area contributed by atoms with E-state index in [-0.39, 0.29) is 11.3 Å². The maximum atomic E-state index is 12.4. The molecule has 1 aromatic carbocycles. The van der Waals surface area contributed by atoms with Crippen molar-refractivity contribution in [3.8, 4) is 0 Å². The maximum absolute atomic E-state index is 12.4. The molecule has 1 heterocycles. The summed E-state index contributed by atoms with van der Waals surface area (Å²) >= 11 is 0. The number of hydrogen-bond acceptors (Lipinski definition) is 7. The zero-order chi connectivity index (χ0) is 16.2. The van der Waals surface area contributed by atoms with E-state index in [1.165, 1.54) is 19.8 Å². The van der Waals surface area contributed by atoms with Crippen molar-refractivity contribution in [2.45, 2.75) is 13.8 Å². The van der Waals surface area contributed by atoms with Crippen molar-refractivity contribution in [1.29, 1.82) is 0 Å². The first-order valence-electron chi connectivity index (χ1n) is 6.54. The highest BCUT2D eigenvalue weighted by molar-refractivity contribution is 7.62. The van der Waals surface area contributed by atoms with Crippen LogP contribution in [0.4, 0.5) is 5.88 Å². The van der Waals surface area contributed by atoms with E-state index in [2.05, 4.69) is 15.5 Å². The van der Waals surface area contributed by atoms with Crippen LogP contribution in [0.25, 0.3) is 0 Å². The molecule has 8 heteroatoms. The second-order valence-electron chi connectivity index (χ2n) is 4.53. The van der Waals surface area contributed by atoms with Gasteiger partial charge in [0.05, 0.1) is 6.21 Å². The molecule has 0 bridgehead atoms. The van der Waals surface area contributed by atoms with Crippen molar-refractivity contribution in [2.24, 2.45) is 5.10 Å². The lowest BCUT2D eigenvalue weighted by molar-refractivity contribution is 0.286. The van der Waals surface area contributed by atoms with Crippen LogP contribution in [0.2, 0.25) is 0 Å². The van der Waals surface area contributed by atoms with Gasteiger partial charge in [-0.25, -0.2) is 10.4 Å². The molecule has 0 saturated carbocycles. The van der Waals surface area contributed by atoms with Gasteiger partial charge in [0.1, 0.15) is 0 Å². The fourth-order valence-corrected chi connectivity index (χ4v) is 2.84. The smallest absolute Gasteiger partial charge is 0.384 e. The van der Waals surface area contributed by atoms with Gasteiger partial charge in [0.2, 0.25) is 11.3 Å². The van der Waals surface area contributed by atoms with Gasteiger partial charge in [-0.3, -0.25) is 4.57 Å². The molecule has 0 radical (unpaired) electrons. The maximum Gasteiger partial charge on any atom is 0.384 e. The third kappa shape index (κ3) is 3.62. The topological polar surface area (TPSA) is 86.0 Å². The lowest BCUT2D eigenvalue weighted by atomic mass is 10.2. The van der Waals surface area contributed by atoms with E-state index in [4.69, 9.17) is 13.5 Å². The summed E-state index contributed by atoms with van der Waals surface area (Å²) < 4.78 is 27.6. The molecule has 2 rings (SSSR count). The fourth-order valence-electron chi connectivity index (χ4n) is 1.74. The second kappa shape index (κ2) is 6.87. The van der Waals surface area contributed by atoms with Gasteiger partial charge in [-0.15, -0.1) is 0 Å². The highest BCUT2D eigenvalue weighted by Crippen LogP contribution is 2.46. The van der Waals surface area contributed by atoms with Gasteiger partial charge >= 0.3 is 7.60 Å². The number of anilines is 1. The predicted molar refractivity (Wildman–Crippen MR) is 84.9 cm³/mol. The van der Waals surface area contributed by atoms with Gasteiger partial charge in [-0.1, -0.05) is 29.8 Å². The van der Waals surface area contributed by atoms with Gasteiger partial charge in [0, 0.05) is 21.1 Å². The molecule has 22 heavy (non-hydrogen) atoms. The molecule has 1 N–H and O–H groups in total. The molecule has 2 aromatic rings. The Balaban J connectivity index is 2.20. The van der Waals surface area contributed by atoms with Crippen molar-refractivity contribution in [3.05, 3.63) is 41.3 Å². The Morgan fingerprint density at radius 2 is 1.86 bits per heavy atom. The van der Waals surface area contributed by atoms with E-state index in [9.17, 15) is 4.57 Å². The van der Waals surface area contributed by atoms with Crippen LogP contribution in [0.3, 0.4) is 0 Å². The van der Waals surface area contributed by atoms with Gasteiger partial charge in [0.25, 0.3) is 0 Å². The summed E-state index contributed by atoms with van der Waals surface area (Å²) in [6, 6.07) is 7.83. The van der Waals surface area contributed by atoms with Crippen molar-refractivity contribution in [3.63, 3.8) is 0 Å². The summed E-state index contributed by atoms with van der Waals surface area (Å²) in [6.07, 6.45) is 1.62. The minimum absolute atomic E-state index is 0.0658. The Morgan fingerprint density at radius 3 is 2.45 bits per heavy atom. The van der Waals surface area contributed by atoms with Crippen LogP contribution >= 0.6 is 7.60 Å². The summed E-state index contributed by atoms with van der Waals surface area (Å²) in [5.41, 5.74) is 4.83. The number of hydrazone groups is 1. The minimum Gasteiger partial charge on any atom is -0.423 e. The van der Waals surface area contributed by atoms with E-state index in [1.54, 1.807) is 13.1 Å². The van der Waals surface area contributed by atoms with Crippen LogP contribution in [0.15, 0.2) is 33.8 Å². The lowest BCUT2D eigenvalue weighted by Gasteiger charge is -2.11. The zero-order valence-corrected chi connectivity index (χ0v) is 13.8. The van der Waals surface area contributed by atoms with E-state index < -0.39 is 7.60 Å². The first-order valence-corrected chi connectivity index (χ1v) is 8.08. The number of aryl methyl sites for hydroxylation is 2. The molecule has 118 valence electrons. The summed E-state index contributed by atoms with van der Waals surface area (Å²) in [7, 11) is -0.940. The number of nitrogens with one attached hydrogen (secondary N) is 1. The van der Waals surface area contributed by atoms with Crippen LogP contribution in [-0.4, -0.2) is 25.4 Å². The minimum atomic E-state index is -3.51. The Kier molecular flexibility index (Phi) is 5.13. The quantitative estimate of drug-likeness (QED) is 0.500. The summed E-state index contributed by atoms with van der Waals surface area (Å²) in [5, 5.41) is 4.06. The molecule has 0 saturated heterocycles. The number of rotatable bonds is 6.